The van der Waals surface area contributed by atoms with Gasteiger partial charge in [0.15, 0.2) is 0 Å². The first-order valence-corrected chi connectivity index (χ1v) is 10.3. The van der Waals surface area contributed by atoms with Crippen LogP contribution in [-0.4, -0.2) is 35.0 Å². The molecule has 1 heterocycles. The monoisotopic (exact) mass is 373 g/mol. The van der Waals surface area contributed by atoms with E-state index in [0.717, 1.165) is 43.5 Å². The van der Waals surface area contributed by atoms with Gasteiger partial charge in [-0.15, -0.1) is 0 Å². The van der Waals surface area contributed by atoms with Gasteiger partial charge in [0.2, 0.25) is 0 Å². The Kier molecular flexibility index (Phi) is 7.46. The van der Waals surface area contributed by atoms with E-state index in [0.29, 0.717) is 23.3 Å². The Morgan fingerprint density at radius 1 is 1.07 bits per heavy atom. The van der Waals surface area contributed by atoms with Crippen LogP contribution in [0.1, 0.15) is 81.3 Å². The normalized spacial score (nSPS) is 16.8. The fourth-order valence-corrected chi connectivity index (χ4v) is 4.11. The standard InChI is InChI=1S/C23H35NO3/c1-15(2)12-18-8-10-24(11-9-18)22(25)20-7-6-19(13-16(3)4)21(14-20)17(5)23(26)27/h6-7,14-18H,8-13H2,1-5H3,(H,26,27). The van der Waals surface area contributed by atoms with Crippen molar-refractivity contribution in [2.75, 3.05) is 13.1 Å². The summed E-state index contributed by atoms with van der Waals surface area (Å²) in [5.74, 6) is 0.428. The molecule has 0 bridgehead atoms. The predicted octanol–water partition coefficient (Wildman–Crippen LogP) is 4.97. The lowest BCUT2D eigenvalue weighted by molar-refractivity contribution is -0.138. The van der Waals surface area contributed by atoms with E-state index in [4.69, 9.17) is 0 Å². The molecule has 0 spiro atoms. The summed E-state index contributed by atoms with van der Waals surface area (Å²) in [6.45, 7) is 12.0. The van der Waals surface area contributed by atoms with Crippen LogP contribution in [0.5, 0.6) is 0 Å². The molecule has 1 aliphatic heterocycles. The summed E-state index contributed by atoms with van der Waals surface area (Å²) in [7, 11) is 0. The molecule has 0 aromatic heterocycles. The Labute approximate surface area is 164 Å². The molecule has 1 aliphatic rings. The van der Waals surface area contributed by atoms with Crippen LogP contribution in [0.3, 0.4) is 0 Å². The third kappa shape index (κ3) is 5.82. The largest absolute Gasteiger partial charge is 0.481 e. The van der Waals surface area contributed by atoms with Gasteiger partial charge in [0.05, 0.1) is 5.92 Å². The predicted molar refractivity (Wildman–Crippen MR) is 109 cm³/mol. The number of amides is 1. The lowest BCUT2D eigenvalue weighted by Gasteiger charge is -2.33. The van der Waals surface area contributed by atoms with Crippen LogP contribution in [-0.2, 0) is 11.2 Å². The van der Waals surface area contributed by atoms with Gasteiger partial charge in [0.1, 0.15) is 0 Å². The van der Waals surface area contributed by atoms with Crippen molar-refractivity contribution in [1.82, 2.24) is 4.90 Å². The number of rotatable bonds is 7. The van der Waals surface area contributed by atoms with E-state index in [1.165, 1.54) is 6.42 Å². The molecule has 1 aromatic rings. The fourth-order valence-electron chi connectivity index (χ4n) is 4.11. The second kappa shape index (κ2) is 9.38. The van der Waals surface area contributed by atoms with E-state index < -0.39 is 11.9 Å². The van der Waals surface area contributed by atoms with Gasteiger partial charge in [-0.3, -0.25) is 9.59 Å². The molecule has 1 N–H and O–H groups in total. The van der Waals surface area contributed by atoms with Crippen LogP contribution in [0.15, 0.2) is 18.2 Å². The molecule has 27 heavy (non-hydrogen) atoms. The number of nitrogens with zero attached hydrogens (tertiary/aromatic N) is 1. The van der Waals surface area contributed by atoms with Gasteiger partial charge in [-0.2, -0.15) is 0 Å². The van der Waals surface area contributed by atoms with Crippen LogP contribution in [0.25, 0.3) is 0 Å². The number of aliphatic carboxylic acids is 1. The van der Waals surface area contributed by atoms with Gasteiger partial charge >= 0.3 is 5.97 Å². The van der Waals surface area contributed by atoms with E-state index in [-0.39, 0.29) is 5.91 Å². The Hall–Kier alpha value is -1.84. The van der Waals surface area contributed by atoms with E-state index in [2.05, 4.69) is 27.7 Å². The Bertz CT molecular complexity index is 658. The van der Waals surface area contributed by atoms with Crippen molar-refractivity contribution in [3.8, 4) is 0 Å². The third-order valence-electron chi connectivity index (χ3n) is 5.56. The Morgan fingerprint density at radius 3 is 2.22 bits per heavy atom. The molecule has 1 saturated heterocycles. The smallest absolute Gasteiger partial charge is 0.310 e. The molecule has 0 radical (unpaired) electrons. The highest BCUT2D eigenvalue weighted by molar-refractivity contribution is 5.95. The number of likely N-dealkylation sites (tertiary alicyclic amines) is 1. The Morgan fingerprint density at radius 2 is 1.70 bits per heavy atom. The van der Waals surface area contributed by atoms with Crippen molar-refractivity contribution in [3.05, 3.63) is 34.9 Å². The molecule has 1 atom stereocenters. The highest BCUT2D eigenvalue weighted by Crippen LogP contribution is 2.27. The summed E-state index contributed by atoms with van der Waals surface area (Å²) in [6.07, 6.45) is 4.18. The average molecular weight is 374 g/mol. The van der Waals surface area contributed by atoms with Crippen LogP contribution in [0.4, 0.5) is 0 Å². The molecule has 4 heteroatoms. The molecule has 2 rings (SSSR count). The molecule has 0 aliphatic carbocycles. The van der Waals surface area contributed by atoms with Gasteiger partial charge in [-0.05, 0) is 73.6 Å². The quantitative estimate of drug-likeness (QED) is 0.734. The fraction of sp³-hybridized carbons (Fsp3) is 0.652. The van der Waals surface area contributed by atoms with Crippen molar-refractivity contribution in [2.24, 2.45) is 17.8 Å². The number of benzene rings is 1. The van der Waals surface area contributed by atoms with Gasteiger partial charge < -0.3 is 10.0 Å². The lowest BCUT2D eigenvalue weighted by atomic mass is 9.87. The number of hydrogen-bond acceptors (Lipinski definition) is 2. The first-order chi connectivity index (χ1) is 12.7. The summed E-state index contributed by atoms with van der Waals surface area (Å²) in [6, 6.07) is 5.64. The zero-order chi connectivity index (χ0) is 20.1. The van der Waals surface area contributed by atoms with Crippen molar-refractivity contribution < 1.29 is 14.7 Å². The molecular formula is C23H35NO3. The molecule has 0 saturated carbocycles. The second-order valence-electron chi connectivity index (χ2n) is 8.94. The number of carboxylic acids is 1. The van der Waals surface area contributed by atoms with E-state index in [1.807, 2.05) is 23.1 Å². The topological polar surface area (TPSA) is 57.6 Å². The first-order valence-electron chi connectivity index (χ1n) is 10.3. The highest BCUT2D eigenvalue weighted by Gasteiger charge is 2.26. The number of carboxylic acid groups (broad SMARTS) is 1. The number of hydrogen-bond donors (Lipinski definition) is 1. The number of piperidine rings is 1. The molecule has 1 fully saturated rings. The summed E-state index contributed by atoms with van der Waals surface area (Å²) in [5.41, 5.74) is 2.43. The van der Waals surface area contributed by atoms with Crippen molar-refractivity contribution >= 4 is 11.9 Å². The van der Waals surface area contributed by atoms with Crippen molar-refractivity contribution in [1.29, 1.82) is 0 Å². The van der Waals surface area contributed by atoms with Crippen LogP contribution in [0, 0.1) is 17.8 Å². The lowest BCUT2D eigenvalue weighted by Crippen LogP contribution is -2.38. The van der Waals surface area contributed by atoms with Crippen LogP contribution >= 0.6 is 0 Å². The summed E-state index contributed by atoms with van der Waals surface area (Å²) in [4.78, 5) is 26.5. The summed E-state index contributed by atoms with van der Waals surface area (Å²) < 4.78 is 0. The maximum absolute atomic E-state index is 13.0. The summed E-state index contributed by atoms with van der Waals surface area (Å²) in [5, 5.41) is 9.48. The molecule has 1 amide bonds. The van der Waals surface area contributed by atoms with Gasteiger partial charge in [-0.25, -0.2) is 0 Å². The maximum Gasteiger partial charge on any atom is 0.310 e. The van der Waals surface area contributed by atoms with Gasteiger partial charge in [0.25, 0.3) is 5.91 Å². The SMILES string of the molecule is CC(C)Cc1ccc(C(=O)N2CCC(CC(C)C)CC2)cc1C(C)C(=O)O. The Balaban J connectivity index is 2.17. The van der Waals surface area contributed by atoms with Crippen LogP contribution in [0.2, 0.25) is 0 Å². The third-order valence-corrected chi connectivity index (χ3v) is 5.56. The maximum atomic E-state index is 13.0. The number of carbonyl (C=O) groups excluding carboxylic acids is 1. The molecule has 4 nitrogen and oxygen atoms in total. The number of carbonyl (C=O) groups is 2. The van der Waals surface area contributed by atoms with Gasteiger partial charge in [0, 0.05) is 18.7 Å². The highest BCUT2D eigenvalue weighted by atomic mass is 16.4. The van der Waals surface area contributed by atoms with Crippen molar-refractivity contribution in [3.63, 3.8) is 0 Å². The van der Waals surface area contributed by atoms with Crippen molar-refractivity contribution in [2.45, 2.75) is 66.2 Å². The molecule has 150 valence electrons. The van der Waals surface area contributed by atoms with E-state index in [1.54, 1.807) is 6.92 Å². The minimum atomic E-state index is -0.848. The van der Waals surface area contributed by atoms with E-state index in [9.17, 15) is 14.7 Å². The molecule has 1 aromatic carbocycles. The molecular weight excluding hydrogens is 338 g/mol. The molecule has 1 unspecified atom stereocenters. The summed E-state index contributed by atoms with van der Waals surface area (Å²) >= 11 is 0. The van der Waals surface area contributed by atoms with E-state index >= 15 is 0 Å². The zero-order valence-corrected chi connectivity index (χ0v) is 17.5. The van der Waals surface area contributed by atoms with Crippen LogP contribution < -0.4 is 0 Å². The van der Waals surface area contributed by atoms with Gasteiger partial charge in [-0.1, -0.05) is 33.8 Å². The second-order valence-corrected chi connectivity index (χ2v) is 8.94. The minimum absolute atomic E-state index is 0.0351. The average Bonchev–Trinajstić information content (AvgIpc) is 2.60. The first kappa shape index (κ1) is 21.5. The zero-order valence-electron chi connectivity index (χ0n) is 17.5. The minimum Gasteiger partial charge on any atom is -0.481 e.